The van der Waals surface area contributed by atoms with Crippen LogP contribution in [0.25, 0.3) is 0 Å². The summed E-state index contributed by atoms with van der Waals surface area (Å²) >= 11 is 0. The normalized spacial score (nSPS) is 26.9. The predicted molar refractivity (Wildman–Crippen MR) is 64.2 cm³/mol. The Morgan fingerprint density at radius 1 is 1.24 bits per heavy atom. The molecule has 0 aromatic heterocycles. The fraction of sp³-hybridized carbons (Fsp3) is 0.500. The average Bonchev–Trinajstić information content (AvgIpc) is 2.89. The van der Waals surface area contributed by atoms with E-state index in [1.54, 1.807) is 12.1 Å². The summed E-state index contributed by atoms with van der Waals surface area (Å²) in [5.41, 5.74) is 1.06. The first-order valence-corrected chi connectivity index (χ1v) is 6.22. The molecule has 0 radical (unpaired) electrons. The topological polar surface area (TPSA) is 27.0 Å². The summed E-state index contributed by atoms with van der Waals surface area (Å²) in [7, 11) is 0. The number of fused-ring (bicyclic) bond motifs is 1. The molecule has 1 heterocycles. The third kappa shape index (κ3) is 1.78. The Bertz CT molecular complexity index is 466. The minimum Gasteiger partial charge on any atom is -0.369 e. The first kappa shape index (κ1) is 10.6. The molecule has 1 saturated heterocycles. The van der Waals surface area contributed by atoms with Crippen molar-refractivity contribution in [3.8, 4) is 6.07 Å². The van der Waals surface area contributed by atoms with Crippen molar-refractivity contribution in [2.24, 2.45) is 11.8 Å². The molecule has 1 aliphatic heterocycles. The van der Waals surface area contributed by atoms with E-state index in [0.29, 0.717) is 11.3 Å². The standard InChI is InChI=1S/C14H15FN2/c15-13-6-10(7-16)4-5-14(13)17-8-11-2-1-3-12(11)9-17/h4-6,11-12H,1-3,8-9H2. The average molecular weight is 230 g/mol. The lowest BCUT2D eigenvalue weighted by atomic mass is 10.0. The zero-order valence-corrected chi connectivity index (χ0v) is 9.69. The first-order chi connectivity index (χ1) is 8.28. The summed E-state index contributed by atoms with van der Waals surface area (Å²) < 4.78 is 13.9. The van der Waals surface area contributed by atoms with E-state index < -0.39 is 0 Å². The minimum atomic E-state index is -0.260. The quantitative estimate of drug-likeness (QED) is 0.741. The number of nitriles is 1. The Morgan fingerprint density at radius 3 is 2.53 bits per heavy atom. The van der Waals surface area contributed by atoms with Crippen LogP contribution < -0.4 is 4.90 Å². The highest BCUT2D eigenvalue weighted by atomic mass is 19.1. The summed E-state index contributed by atoms with van der Waals surface area (Å²) in [6.07, 6.45) is 3.91. The van der Waals surface area contributed by atoms with Gasteiger partial charge in [-0.3, -0.25) is 0 Å². The van der Waals surface area contributed by atoms with E-state index in [-0.39, 0.29) is 5.82 Å². The molecule has 2 nitrogen and oxygen atoms in total. The monoisotopic (exact) mass is 230 g/mol. The second kappa shape index (κ2) is 4.03. The zero-order valence-electron chi connectivity index (χ0n) is 9.69. The molecule has 2 atom stereocenters. The van der Waals surface area contributed by atoms with Gasteiger partial charge >= 0.3 is 0 Å². The van der Waals surface area contributed by atoms with Crippen molar-refractivity contribution in [2.75, 3.05) is 18.0 Å². The van der Waals surface area contributed by atoms with E-state index in [0.717, 1.165) is 24.9 Å². The maximum atomic E-state index is 13.9. The van der Waals surface area contributed by atoms with Crippen molar-refractivity contribution in [3.05, 3.63) is 29.6 Å². The summed E-state index contributed by atoms with van der Waals surface area (Å²) in [5.74, 6) is 1.25. The van der Waals surface area contributed by atoms with Crippen LogP contribution in [0.3, 0.4) is 0 Å². The van der Waals surface area contributed by atoms with Gasteiger partial charge in [-0.2, -0.15) is 5.26 Å². The van der Waals surface area contributed by atoms with Gasteiger partial charge in [-0.15, -0.1) is 0 Å². The van der Waals surface area contributed by atoms with Gasteiger partial charge in [0.2, 0.25) is 0 Å². The van der Waals surface area contributed by atoms with Gasteiger partial charge in [0.25, 0.3) is 0 Å². The Hall–Kier alpha value is -1.56. The molecule has 88 valence electrons. The predicted octanol–water partition coefficient (Wildman–Crippen LogP) is 2.93. The molecule has 3 rings (SSSR count). The van der Waals surface area contributed by atoms with Gasteiger partial charge in [0.15, 0.2) is 0 Å². The number of hydrogen-bond acceptors (Lipinski definition) is 2. The van der Waals surface area contributed by atoms with Crippen molar-refractivity contribution in [2.45, 2.75) is 19.3 Å². The van der Waals surface area contributed by atoms with Gasteiger partial charge in [-0.05, 0) is 42.9 Å². The smallest absolute Gasteiger partial charge is 0.147 e. The van der Waals surface area contributed by atoms with Crippen LogP contribution in [0, 0.1) is 29.0 Å². The van der Waals surface area contributed by atoms with Crippen LogP contribution in [0.2, 0.25) is 0 Å². The third-order valence-electron chi connectivity index (χ3n) is 4.14. The van der Waals surface area contributed by atoms with Crippen LogP contribution in [0.1, 0.15) is 24.8 Å². The molecule has 1 aliphatic carbocycles. The van der Waals surface area contributed by atoms with Crippen LogP contribution in [-0.2, 0) is 0 Å². The van der Waals surface area contributed by atoms with Crippen LogP contribution >= 0.6 is 0 Å². The molecule has 2 aliphatic rings. The molecule has 1 aromatic rings. The number of halogens is 1. The van der Waals surface area contributed by atoms with Crippen LogP contribution in [0.4, 0.5) is 10.1 Å². The molecular formula is C14H15FN2. The molecule has 0 bridgehead atoms. The summed E-state index contributed by atoms with van der Waals surface area (Å²) in [6.45, 7) is 1.96. The summed E-state index contributed by atoms with van der Waals surface area (Å²) in [6, 6.07) is 6.75. The van der Waals surface area contributed by atoms with E-state index in [4.69, 9.17) is 5.26 Å². The molecule has 2 fully saturated rings. The Labute approximate surface area is 101 Å². The molecule has 1 aromatic carbocycles. The number of rotatable bonds is 1. The second-order valence-electron chi connectivity index (χ2n) is 5.13. The van der Waals surface area contributed by atoms with E-state index in [9.17, 15) is 4.39 Å². The van der Waals surface area contributed by atoms with Crippen molar-refractivity contribution >= 4 is 5.69 Å². The van der Waals surface area contributed by atoms with E-state index in [1.165, 1.54) is 25.3 Å². The second-order valence-corrected chi connectivity index (χ2v) is 5.13. The largest absolute Gasteiger partial charge is 0.369 e. The van der Waals surface area contributed by atoms with Gasteiger partial charge in [-0.1, -0.05) is 6.42 Å². The minimum absolute atomic E-state index is 0.260. The van der Waals surface area contributed by atoms with Gasteiger partial charge in [-0.25, -0.2) is 4.39 Å². The number of benzene rings is 1. The maximum absolute atomic E-state index is 13.9. The lowest BCUT2D eigenvalue weighted by molar-refractivity contribution is 0.494. The van der Waals surface area contributed by atoms with Gasteiger partial charge in [0.05, 0.1) is 17.3 Å². The van der Waals surface area contributed by atoms with Crippen LogP contribution in [-0.4, -0.2) is 13.1 Å². The van der Waals surface area contributed by atoms with E-state index >= 15 is 0 Å². The van der Waals surface area contributed by atoms with Crippen LogP contribution in [0.15, 0.2) is 18.2 Å². The summed E-state index contributed by atoms with van der Waals surface area (Å²) in [4.78, 5) is 2.14. The number of nitrogens with zero attached hydrogens (tertiary/aromatic N) is 2. The van der Waals surface area contributed by atoms with Crippen molar-refractivity contribution in [1.29, 1.82) is 5.26 Å². The molecule has 0 amide bonds. The van der Waals surface area contributed by atoms with E-state index in [1.807, 2.05) is 6.07 Å². The highest BCUT2D eigenvalue weighted by Crippen LogP contribution is 2.40. The lowest BCUT2D eigenvalue weighted by Crippen LogP contribution is -2.21. The van der Waals surface area contributed by atoms with Gasteiger partial charge in [0.1, 0.15) is 5.82 Å². The molecular weight excluding hydrogens is 215 g/mol. The Balaban J connectivity index is 1.84. The fourth-order valence-electron chi connectivity index (χ4n) is 3.26. The highest BCUT2D eigenvalue weighted by molar-refractivity contribution is 5.52. The van der Waals surface area contributed by atoms with Crippen molar-refractivity contribution < 1.29 is 4.39 Å². The highest BCUT2D eigenvalue weighted by Gasteiger charge is 2.36. The molecule has 3 heteroatoms. The third-order valence-corrected chi connectivity index (χ3v) is 4.14. The molecule has 17 heavy (non-hydrogen) atoms. The molecule has 0 N–H and O–H groups in total. The van der Waals surface area contributed by atoms with Crippen molar-refractivity contribution in [1.82, 2.24) is 0 Å². The van der Waals surface area contributed by atoms with Crippen LogP contribution in [0.5, 0.6) is 0 Å². The van der Waals surface area contributed by atoms with Gasteiger partial charge < -0.3 is 4.90 Å². The lowest BCUT2D eigenvalue weighted by Gasteiger charge is -2.20. The Morgan fingerprint density at radius 2 is 1.94 bits per heavy atom. The first-order valence-electron chi connectivity index (χ1n) is 6.22. The molecule has 1 saturated carbocycles. The number of anilines is 1. The van der Waals surface area contributed by atoms with Gasteiger partial charge in [0, 0.05) is 13.1 Å². The summed E-state index contributed by atoms with van der Waals surface area (Å²) in [5, 5.41) is 8.72. The van der Waals surface area contributed by atoms with E-state index in [2.05, 4.69) is 4.90 Å². The maximum Gasteiger partial charge on any atom is 0.147 e. The zero-order chi connectivity index (χ0) is 11.8. The van der Waals surface area contributed by atoms with Crippen molar-refractivity contribution in [3.63, 3.8) is 0 Å². The Kier molecular flexibility index (Phi) is 2.51. The molecule has 0 spiro atoms. The SMILES string of the molecule is N#Cc1ccc(N2CC3CCCC3C2)c(F)c1. The number of hydrogen-bond donors (Lipinski definition) is 0. The molecule has 2 unspecified atom stereocenters. The fourth-order valence-corrected chi connectivity index (χ4v) is 3.26.